The zero-order valence-corrected chi connectivity index (χ0v) is 14.9. The second kappa shape index (κ2) is 6.33. The van der Waals surface area contributed by atoms with Gasteiger partial charge in [-0.25, -0.2) is 9.78 Å². The van der Waals surface area contributed by atoms with Crippen LogP contribution in [0.5, 0.6) is 0 Å². The maximum absolute atomic E-state index is 12.5. The van der Waals surface area contributed by atoms with Crippen molar-refractivity contribution in [1.29, 1.82) is 0 Å². The van der Waals surface area contributed by atoms with Crippen LogP contribution in [0.2, 0.25) is 5.02 Å². The number of carbonyl (C=O) groups excluding carboxylic acids is 1. The molecule has 26 heavy (non-hydrogen) atoms. The first-order chi connectivity index (χ1) is 12.4. The van der Waals surface area contributed by atoms with Crippen LogP contribution in [0.3, 0.4) is 0 Å². The first kappa shape index (κ1) is 16.9. The van der Waals surface area contributed by atoms with Crippen molar-refractivity contribution in [3.8, 4) is 0 Å². The Kier molecular flexibility index (Phi) is 4.12. The summed E-state index contributed by atoms with van der Waals surface area (Å²) in [5.41, 5.74) is 5.48. The summed E-state index contributed by atoms with van der Waals surface area (Å²) in [4.78, 5) is 42.9. The van der Waals surface area contributed by atoms with Gasteiger partial charge in [-0.05, 0) is 25.0 Å². The Morgan fingerprint density at radius 2 is 2.19 bits per heavy atom. The number of halogens is 1. The maximum atomic E-state index is 12.5. The summed E-state index contributed by atoms with van der Waals surface area (Å²) < 4.78 is 6.81. The third-order valence-corrected chi connectivity index (χ3v) is 5.09. The summed E-state index contributed by atoms with van der Waals surface area (Å²) in [5, 5.41) is 0.795. The number of nitrogens with zero attached hydrogens (tertiary/aromatic N) is 2. The van der Waals surface area contributed by atoms with Crippen molar-refractivity contribution in [2.24, 2.45) is 0 Å². The molecule has 0 amide bonds. The molecule has 0 spiro atoms. The number of thioether (sulfide) groups is 1. The molecule has 2 heterocycles. The molecule has 0 saturated heterocycles. The van der Waals surface area contributed by atoms with Crippen LogP contribution in [-0.4, -0.2) is 26.1 Å². The van der Waals surface area contributed by atoms with Crippen LogP contribution < -0.4 is 17.0 Å². The fraction of sp³-hybridized carbons (Fsp3) is 0.250. The maximum Gasteiger partial charge on any atom is 0.330 e. The molecule has 1 aliphatic rings. The van der Waals surface area contributed by atoms with Gasteiger partial charge in [0.05, 0.1) is 5.75 Å². The third kappa shape index (κ3) is 3.04. The number of Topliss-reactive ketones (excluding diaryl/α,β-unsaturated/α-hetero) is 1. The SMILES string of the molecule is Nc1c(C(=O)CSc2nc3ccc(Cl)cc3o2)c(=O)[nH]c(=O)n1C1CC1. The zero-order chi connectivity index (χ0) is 18.4. The van der Waals surface area contributed by atoms with E-state index in [0.717, 1.165) is 24.6 Å². The smallest absolute Gasteiger partial charge is 0.330 e. The molecule has 0 unspecified atom stereocenters. The minimum Gasteiger partial charge on any atom is -0.431 e. The van der Waals surface area contributed by atoms with Gasteiger partial charge in [0.2, 0.25) is 0 Å². The summed E-state index contributed by atoms with van der Waals surface area (Å²) in [7, 11) is 0. The van der Waals surface area contributed by atoms with Gasteiger partial charge in [0.25, 0.3) is 10.8 Å². The fourth-order valence-electron chi connectivity index (χ4n) is 2.67. The van der Waals surface area contributed by atoms with Crippen molar-refractivity contribution >= 4 is 46.1 Å². The van der Waals surface area contributed by atoms with Crippen LogP contribution >= 0.6 is 23.4 Å². The predicted octanol–water partition coefficient (Wildman–Crippen LogP) is 2.22. The van der Waals surface area contributed by atoms with Crippen molar-refractivity contribution in [3.63, 3.8) is 0 Å². The average molecular weight is 393 g/mol. The Labute approximate surface area is 155 Å². The molecule has 134 valence electrons. The molecule has 4 rings (SSSR count). The second-order valence-corrected chi connectivity index (χ2v) is 7.29. The molecule has 3 aromatic rings. The summed E-state index contributed by atoms with van der Waals surface area (Å²) in [5.74, 6) is -0.684. The molecule has 0 atom stereocenters. The molecule has 1 aromatic carbocycles. The van der Waals surface area contributed by atoms with Crippen molar-refractivity contribution in [2.75, 3.05) is 11.5 Å². The monoisotopic (exact) mass is 392 g/mol. The van der Waals surface area contributed by atoms with Gasteiger partial charge in [-0.1, -0.05) is 23.4 Å². The molecule has 1 aliphatic carbocycles. The lowest BCUT2D eigenvalue weighted by molar-refractivity contribution is 0.102. The average Bonchev–Trinajstić information content (AvgIpc) is 3.31. The summed E-state index contributed by atoms with van der Waals surface area (Å²) in [6.45, 7) is 0. The highest BCUT2D eigenvalue weighted by Crippen LogP contribution is 2.35. The fourth-order valence-corrected chi connectivity index (χ4v) is 3.54. The lowest BCUT2D eigenvalue weighted by Crippen LogP contribution is -2.36. The highest BCUT2D eigenvalue weighted by atomic mass is 35.5. The Balaban J connectivity index is 1.59. The van der Waals surface area contributed by atoms with Gasteiger partial charge in [0.15, 0.2) is 11.4 Å². The summed E-state index contributed by atoms with van der Waals surface area (Å²) in [6.07, 6.45) is 1.59. The summed E-state index contributed by atoms with van der Waals surface area (Å²) >= 11 is 6.94. The highest BCUT2D eigenvalue weighted by Gasteiger charge is 2.30. The molecule has 1 saturated carbocycles. The second-order valence-electron chi connectivity index (χ2n) is 5.92. The molecule has 8 nitrogen and oxygen atoms in total. The van der Waals surface area contributed by atoms with Gasteiger partial charge in [0, 0.05) is 17.1 Å². The Bertz CT molecular complexity index is 1150. The van der Waals surface area contributed by atoms with E-state index in [2.05, 4.69) is 9.97 Å². The number of ketones is 1. The van der Waals surface area contributed by atoms with Crippen LogP contribution in [-0.2, 0) is 0 Å². The molecule has 10 heteroatoms. The largest absolute Gasteiger partial charge is 0.431 e. The Morgan fingerprint density at radius 3 is 2.92 bits per heavy atom. The van der Waals surface area contributed by atoms with Crippen LogP contribution in [0.1, 0.15) is 29.2 Å². The number of fused-ring (bicyclic) bond motifs is 1. The number of anilines is 1. The van der Waals surface area contributed by atoms with Gasteiger partial charge >= 0.3 is 5.69 Å². The standard InChI is InChI=1S/C16H13ClN4O4S/c17-7-1-4-9-11(5-7)25-16(19-9)26-6-10(22)12-13(18)21(8-2-3-8)15(24)20-14(12)23/h1,4-5,8H,2-3,6,18H2,(H,20,23,24). The highest BCUT2D eigenvalue weighted by molar-refractivity contribution is 7.99. The molecule has 0 aliphatic heterocycles. The summed E-state index contributed by atoms with van der Waals surface area (Å²) in [6, 6.07) is 4.97. The molecule has 1 fully saturated rings. The van der Waals surface area contributed by atoms with Crippen molar-refractivity contribution < 1.29 is 9.21 Å². The lowest BCUT2D eigenvalue weighted by Gasteiger charge is -2.10. The van der Waals surface area contributed by atoms with Gasteiger partial charge in [-0.3, -0.25) is 19.1 Å². The Hall–Kier alpha value is -2.52. The number of rotatable bonds is 5. The number of nitrogen functional groups attached to an aromatic ring is 1. The topological polar surface area (TPSA) is 124 Å². The minimum absolute atomic E-state index is 0.0552. The van der Waals surface area contributed by atoms with Crippen molar-refractivity contribution in [1.82, 2.24) is 14.5 Å². The zero-order valence-electron chi connectivity index (χ0n) is 13.3. The van der Waals surface area contributed by atoms with Gasteiger partial charge in [-0.15, -0.1) is 0 Å². The van der Waals surface area contributed by atoms with E-state index in [0.29, 0.717) is 16.1 Å². The molecule has 0 radical (unpaired) electrons. The van der Waals surface area contributed by atoms with E-state index >= 15 is 0 Å². The van der Waals surface area contributed by atoms with E-state index in [-0.39, 0.29) is 28.4 Å². The molecular weight excluding hydrogens is 380 g/mol. The molecule has 0 bridgehead atoms. The van der Waals surface area contributed by atoms with E-state index in [9.17, 15) is 14.4 Å². The number of aromatic amines is 1. The molecule has 3 N–H and O–H groups in total. The van der Waals surface area contributed by atoms with Crippen LogP contribution in [0.4, 0.5) is 5.82 Å². The van der Waals surface area contributed by atoms with Crippen LogP contribution in [0.25, 0.3) is 11.1 Å². The number of benzene rings is 1. The van der Waals surface area contributed by atoms with Crippen molar-refractivity contribution in [3.05, 3.63) is 49.6 Å². The normalized spacial score (nSPS) is 14.0. The van der Waals surface area contributed by atoms with Gasteiger partial charge in [0.1, 0.15) is 16.9 Å². The lowest BCUT2D eigenvalue weighted by atomic mass is 10.2. The van der Waals surface area contributed by atoms with Crippen molar-refractivity contribution in [2.45, 2.75) is 24.1 Å². The predicted molar refractivity (Wildman–Crippen MR) is 98.1 cm³/mol. The number of hydrogen-bond acceptors (Lipinski definition) is 7. The number of oxazole rings is 1. The number of nitrogens with one attached hydrogen (secondary N) is 1. The minimum atomic E-state index is -0.778. The quantitative estimate of drug-likeness (QED) is 0.503. The third-order valence-electron chi connectivity index (χ3n) is 4.03. The van der Waals surface area contributed by atoms with E-state index in [1.807, 2.05) is 0 Å². The number of hydrogen-bond donors (Lipinski definition) is 2. The van der Waals surface area contributed by atoms with E-state index in [1.165, 1.54) is 4.57 Å². The molecule has 2 aromatic heterocycles. The van der Waals surface area contributed by atoms with E-state index in [4.69, 9.17) is 21.8 Å². The first-order valence-electron chi connectivity index (χ1n) is 7.80. The van der Waals surface area contributed by atoms with E-state index in [1.54, 1.807) is 18.2 Å². The Morgan fingerprint density at radius 1 is 1.42 bits per heavy atom. The number of aromatic nitrogens is 3. The van der Waals surface area contributed by atoms with Crippen LogP contribution in [0.15, 0.2) is 37.4 Å². The van der Waals surface area contributed by atoms with Gasteiger partial charge in [-0.2, -0.15) is 0 Å². The number of carbonyl (C=O) groups is 1. The van der Waals surface area contributed by atoms with Crippen LogP contribution in [0, 0.1) is 0 Å². The van der Waals surface area contributed by atoms with Gasteiger partial charge < -0.3 is 10.2 Å². The molecular formula is C16H13ClN4O4S. The number of H-pyrrole nitrogens is 1. The first-order valence-corrected chi connectivity index (χ1v) is 9.17. The van der Waals surface area contributed by atoms with E-state index < -0.39 is 17.0 Å². The number of nitrogens with two attached hydrogens (primary N) is 1.